The van der Waals surface area contributed by atoms with Crippen molar-refractivity contribution in [3.63, 3.8) is 0 Å². The molecule has 0 saturated carbocycles. The number of piperazine rings is 1. The number of carbonyl (C=O) groups is 3. The van der Waals surface area contributed by atoms with Gasteiger partial charge in [-0.1, -0.05) is 12.1 Å². The van der Waals surface area contributed by atoms with E-state index in [1.54, 1.807) is 24.1 Å². The predicted molar refractivity (Wildman–Crippen MR) is 195 cm³/mol. The molecule has 5 heterocycles. The SMILES string of the molecule is COc1cc(OC)c2c(=O)[nH]c(-c3ccc(N4CCC(N5CCN(Cc6ccc7c(c6)CN(C6CCC(=O)NC6=O)C7=O)CC5)CC4)cc3)nc2c1. The fourth-order valence-corrected chi connectivity index (χ4v) is 8.22. The second kappa shape index (κ2) is 14.0. The Balaban J connectivity index is 0.830. The van der Waals surface area contributed by atoms with E-state index in [-0.39, 0.29) is 29.7 Å². The summed E-state index contributed by atoms with van der Waals surface area (Å²) in [5.41, 5.74) is 5.04. The zero-order valence-corrected chi connectivity index (χ0v) is 29.5. The van der Waals surface area contributed by atoms with Gasteiger partial charge in [0.15, 0.2) is 0 Å². The Morgan fingerprint density at radius 2 is 1.62 bits per heavy atom. The van der Waals surface area contributed by atoms with Crippen molar-refractivity contribution in [1.82, 2.24) is 30.0 Å². The maximum absolute atomic E-state index is 13.1. The molecule has 3 saturated heterocycles. The van der Waals surface area contributed by atoms with Gasteiger partial charge in [-0.05, 0) is 60.7 Å². The average molecular weight is 706 g/mol. The minimum Gasteiger partial charge on any atom is -0.497 e. The highest BCUT2D eigenvalue weighted by Gasteiger charge is 2.39. The van der Waals surface area contributed by atoms with Crippen LogP contribution in [0.15, 0.2) is 59.4 Å². The Bertz CT molecular complexity index is 2080. The van der Waals surface area contributed by atoms with Crippen LogP contribution < -0.4 is 25.2 Å². The minimum atomic E-state index is -0.593. The van der Waals surface area contributed by atoms with E-state index in [1.807, 2.05) is 24.3 Å². The van der Waals surface area contributed by atoms with Gasteiger partial charge in [0.1, 0.15) is 28.8 Å². The van der Waals surface area contributed by atoms with E-state index in [2.05, 4.69) is 43.2 Å². The first-order chi connectivity index (χ1) is 25.3. The van der Waals surface area contributed by atoms with Crippen LogP contribution in [-0.4, -0.2) is 108 Å². The van der Waals surface area contributed by atoms with E-state index in [1.165, 1.54) is 12.7 Å². The first-order valence-corrected chi connectivity index (χ1v) is 18.0. The molecule has 2 N–H and O–H groups in total. The molecular formula is C39H43N7O6. The largest absolute Gasteiger partial charge is 0.497 e. The third-order valence-electron chi connectivity index (χ3n) is 11.1. The number of aromatic nitrogens is 2. The van der Waals surface area contributed by atoms with Gasteiger partial charge in [-0.3, -0.25) is 34.3 Å². The zero-order chi connectivity index (χ0) is 35.9. The molecule has 13 heteroatoms. The summed E-state index contributed by atoms with van der Waals surface area (Å²) >= 11 is 0. The van der Waals surface area contributed by atoms with Gasteiger partial charge < -0.3 is 24.3 Å². The average Bonchev–Trinajstić information content (AvgIpc) is 3.49. The van der Waals surface area contributed by atoms with E-state index < -0.39 is 6.04 Å². The van der Waals surface area contributed by atoms with Gasteiger partial charge >= 0.3 is 0 Å². The number of methoxy groups -OCH3 is 2. The Kier molecular flexibility index (Phi) is 9.14. The second-order valence-electron chi connectivity index (χ2n) is 14.1. The summed E-state index contributed by atoms with van der Waals surface area (Å²) < 4.78 is 10.8. The number of nitrogens with one attached hydrogen (secondary N) is 2. The zero-order valence-electron chi connectivity index (χ0n) is 29.5. The van der Waals surface area contributed by atoms with Crippen LogP contribution in [0.3, 0.4) is 0 Å². The fraction of sp³-hybridized carbons (Fsp3) is 0.410. The quantitative estimate of drug-likeness (QED) is 0.263. The summed E-state index contributed by atoms with van der Waals surface area (Å²) in [6.45, 7) is 7.24. The lowest BCUT2D eigenvalue weighted by Crippen LogP contribution is -2.53. The van der Waals surface area contributed by atoms with Gasteiger partial charge in [-0.15, -0.1) is 0 Å². The lowest BCUT2D eigenvalue weighted by molar-refractivity contribution is -0.136. The molecule has 4 aliphatic heterocycles. The van der Waals surface area contributed by atoms with Crippen molar-refractivity contribution in [2.45, 2.75) is 50.9 Å². The van der Waals surface area contributed by atoms with Gasteiger partial charge in [0.25, 0.3) is 11.5 Å². The maximum Gasteiger partial charge on any atom is 0.262 e. The second-order valence-corrected chi connectivity index (χ2v) is 14.1. The van der Waals surface area contributed by atoms with Crippen molar-refractivity contribution in [2.75, 3.05) is 58.4 Å². The number of H-pyrrole nitrogens is 1. The molecule has 1 atom stereocenters. The van der Waals surface area contributed by atoms with Crippen LogP contribution in [0.5, 0.6) is 11.5 Å². The highest BCUT2D eigenvalue weighted by molar-refractivity contribution is 6.05. The van der Waals surface area contributed by atoms with Crippen LogP contribution in [0.25, 0.3) is 22.3 Å². The first kappa shape index (κ1) is 33.9. The summed E-state index contributed by atoms with van der Waals surface area (Å²) in [6, 6.07) is 17.7. The molecule has 4 aromatic rings. The summed E-state index contributed by atoms with van der Waals surface area (Å²) in [4.78, 5) is 66.9. The summed E-state index contributed by atoms with van der Waals surface area (Å²) in [6.07, 6.45) is 2.84. The van der Waals surface area contributed by atoms with Crippen LogP contribution >= 0.6 is 0 Å². The molecule has 0 bridgehead atoms. The van der Waals surface area contributed by atoms with Crippen molar-refractivity contribution in [2.24, 2.45) is 0 Å². The van der Waals surface area contributed by atoms with Crippen molar-refractivity contribution in [3.05, 3.63) is 81.6 Å². The van der Waals surface area contributed by atoms with E-state index in [0.29, 0.717) is 52.8 Å². The number of ether oxygens (including phenoxy) is 2. The Hall–Kier alpha value is -5.27. The first-order valence-electron chi connectivity index (χ1n) is 18.0. The monoisotopic (exact) mass is 705 g/mol. The third kappa shape index (κ3) is 6.50. The lowest BCUT2D eigenvalue weighted by Gasteiger charge is -2.43. The Labute approximate surface area is 301 Å². The molecule has 270 valence electrons. The number of piperidine rings is 2. The number of rotatable bonds is 8. The topological polar surface area (TPSA) is 140 Å². The van der Waals surface area contributed by atoms with Crippen molar-refractivity contribution in [1.29, 1.82) is 0 Å². The molecule has 1 aromatic heterocycles. The van der Waals surface area contributed by atoms with E-state index in [0.717, 1.165) is 75.5 Å². The molecule has 8 rings (SSSR count). The van der Waals surface area contributed by atoms with Crippen molar-refractivity contribution < 1.29 is 23.9 Å². The Morgan fingerprint density at radius 1 is 0.846 bits per heavy atom. The smallest absolute Gasteiger partial charge is 0.262 e. The molecule has 13 nitrogen and oxygen atoms in total. The summed E-state index contributed by atoms with van der Waals surface area (Å²) in [7, 11) is 3.10. The van der Waals surface area contributed by atoms with E-state index in [9.17, 15) is 19.2 Å². The Morgan fingerprint density at radius 3 is 2.33 bits per heavy atom. The number of anilines is 1. The standard InChI is InChI=1S/C39H43N7O6/c1-51-29-20-31-35(33(21-29)52-2)38(49)42-36(40-31)25-4-6-27(7-5-25)44-13-11-28(12-14-44)45-17-15-43(16-18-45)22-24-3-8-30-26(19-24)23-46(39(30)50)32-9-10-34(47)41-37(32)48/h3-8,19-21,28,32H,9-18,22-23H2,1-2H3,(H,40,42,49)(H,41,47,48). The highest BCUT2D eigenvalue weighted by Crippen LogP contribution is 2.31. The normalized spacial score (nSPS) is 20.3. The molecule has 0 aliphatic carbocycles. The molecule has 3 aromatic carbocycles. The van der Waals surface area contributed by atoms with Gasteiger partial charge in [-0.2, -0.15) is 0 Å². The van der Waals surface area contributed by atoms with Gasteiger partial charge in [0.05, 0.1) is 19.7 Å². The molecule has 52 heavy (non-hydrogen) atoms. The van der Waals surface area contributed by atoms with Gasteiger partial charge in [0, 0.05) is 93.8 Å². The summed E-state index contributed by atoms with van der Waals surface area (Å²) in [5, 5.41) is 2.77. The van der Waals surface area contributed by atoms with Gasteiger partial charge in [-0.25, -0.2) is 4.98 Å². The number of hydrogen-bond donors (Lipinski definition) is 2. The van der Waals surface area contributed by atoms with Crippen molar-refractivity contribution in [3.8, 4) is 22.9 Å². The molecule has 3 fully saturated rings. The number of fused-ring (bicyclic) bond motifs is 2. The highest BCUT2D eigenvalue weighted by atomic mass is 16.5. The lowest BCUT2D eigenvalue weighted by atomic mass is 10.0. The van der Waals surface area contributed by atoms with E-state index >= 15 is 0 Å². The number of amides is 3. The number of nitrogens with zero attached hydrogens (tertiary/aromatic N) is 5. The molecule has 4 aliphatic rings. The fourth-order valence-electron chi connectivity index (χ4n) is 8.22. The molecule has 0 radical (unpaired) electrons. The molecule has 0 spiro atoms. The molecule has 3 amide bonds. The number of carbonyl (C=O) groups excluding carboxylic acids is 3. The predicted octanol–water partition coefficient (Wildman–Crippen LogP) is 3.15. The van der Waals surface area contributed by atoms with Gasteiger partial charge in [0.2, 0.25) is 11.8 Å². The maximum atomic E-state index is 13.1. The van der Waals surface area contributed by atoms with Crippen LogP contribution in [0.1, 0.15) is 47.2 Å². The van der Waals surface area contributed by atoms with Crippen LogP contribution in [0.2, 0.25) is 0 Å². The van der Waals surface area contributed by atoms with Crippen LogP contribution in [0, 0.1) is 0 Å². The van der Waals surface area contributed by atoms with Crippen molar-refractivity contribution >= 4 is 34.3 Å². The molecular weight excluding hydrogens is 662 g/mol. The van der Waals surface area contributed by atoms with E-state index in [4.69, 9.17) is 14.5 Å². The number of benzene rings is 3. The number of hydrogen-bond acceptors (Lipinski definition) is 10. The molecule has 1 unspecified atom stereocenters. The number of aromatic amines is 1. The number of imide groups is 1. The third-order valence-corrected chi connectivity index (χ3v) is 11.1. The van der Waals surface area contributed by atoms with Crippen LogP contribution in [-0.2, 0) is 22.7 Å². The van der Waals surface area contributed by atoms with Crippen LogP contribution in [0.4, 0.5) is 5.69 Å². The minimum absolute atomic E-state index is 0.132. The summed E-state index contributed by atoms with van der Waals surface area (Å²) in [5.74, 6) is 0.710.